The molecule has 3 aromatic rings. The van der Waals surface area contributed by atoms with Crippen molar-refractivity contribution < 1.29 is 19.1 Å². The van der Waals surface area contributed by atoms with Crippen LogP contribution in [0.2, 0.25) is 0 Å². The van der Waals surface area contributed by atoms with Crippen LogP contribution < -0.4 is 10.1 Å². The fraction of sp³-hybridized carbons (Fsp3) is 0.391. The van der Waals surface area contributed by atoms with E-state index in [1.54, 1.807) is 0 Å². The number of carboxylic acid groups (broad SMARTS) is 1. The van der Waals surface area contributed by atoms with Crippen molar-refractivity contribution in [3.05, 3.63) is 60.0 Å². The van der Waals surface area contributed by atoms with Gasteiger partial charge in [-0.05, 0) is 76.0 Å². The first-order chi connectivity index (χ1) is 13.9. The second kappa shape index (κ2) is 9.56. The molecule has 0 bridgehead atoms. The van der Waals surface area contributed by atoms with E-state index in [2.05, 4.69) is 10.3 Å². The number of rotatable bonds is 11. The summed E-state index contributed by atoms with van der Waals surface area (Å²) in [7, 11) is 0. The van der Waals surface area contributed by atoms with Gasteiger partial charge in [-0.3, -0.25) is 0 Å². The second-order valence-corrected chi connectivity index (χ2v) is 7.59. The van der Waals surface area contributed by atoms with Crippen molar-refractivity contribution in [1.29, 1.82) is 0 Å². The zero-order valence-electron chi connectivity index (χ0n) is 17.0. The Morgan fingerprint density at radius 3 is 2.55 bits per heavy atom. The molecule has 2 N–H and O–H groups in total. The van der Waals surface area contributed by atoms with E-state index in [1.807, 2.05) is 48.5 Å². The van der Waals surface area contributed by atoms with Crippen LogP contribution in [-0.2, 0) is 17.6 Å². The molecule has 6 heteroatoms. The second-order valence-electron chi connectivity index (χ2n) is 7.59. The Bertz CT molecular complexity index is 898. The first-order valence-corrected chi connectivity index (χ1v) is 10.0. The van der Waals surface area contributed by atoms with Gasteiger partial charge in [-0.25, -0.2) is 9.78 Å². The van der Waals surface area contributed by atoms with Gasteiger partial charge in [-0.2, -0.15) is 0 Å². The van der Waals surface area contributed by atoms with Crippen molar-refractivity contribution in [2.75, 3.05) is 13.1 Å². The molecule has 2 aromatic carbocycles. The molecule has 3 rings (SSSR count). The van der Waals surface area contributed by atoms with Crippen molar-refractivity contribution in [3.8, 4) is 5.75 Å². The minimum Gasteiger partial charge on any atom is -0.478 e. The number of benzene rings is 2. The van der Waals surface area contributed by atoms with Gasteiger partial charge in [0.05, 0.1) is 0 Å². The maximum absolute atomic E-state index is 11.1. The zero-order valence-corrected chi connectivity index (χ0v) is 17.0. The van der Waals surface area contributed by atoms with Crippen LogP contribution in [0.1, 0.15) is 38.1 Å². The molecule has 0 aliphatic carbocycles. The summed E-state index contributed by atoms with van der Waals surface area (Å²) < 4.78 is 11.2. The highest BCUT2D eigenvalue weighted by Crippen LogP contribution is 2.19. The van der Waals surface area contributed by atoms with E-state index >= 15 is 0 Å². The van der Waals surface area contributed by atoms with E-state index in [1.165, 1.54) is 19.4 Å². The Morgan fingerprint density at radius 1 is 1.07 bits per heavy atom. The van der Waals surface area contributed by atoms with E-state index in [-0.39, 0.29) is 0 Å². The van der Waals surface area contributed by atoms with Gasteiger partial charge in [0.25, 0.3) is 0 Å². The monoisotopic (exact) mass is 396 g/mol. The molecule has 0 fully saturated rings. The summed E-state index contributed by atoms with van der Waals surface area (Å²) >= 11 is 0. The molecule has 154 valence electrons. The molecular weight excluding hydrogens is 368 g/mol. The van der Waals surface area contributed by atoms with Gasteiger partial charge in [0, 0.05) is 6.42 Å². The number of fused-ring (bicyclic) bond motifs is 1. The van der Waals surface area contributed by atoms with Crippen LogP contribution in [-0.4, -0.2) is 34.8 Å². The molecule has 0 radical (unpaired) electrons. The number of carboxylic acids is 1. The van der Waals surface area contributed by atoms with E-state index < -0.39 is 11.6 Å². The van der Waals surface area contributed by atoms with Gasteiger partial charge < -0.3 is 19.6 Å². The molecular formula is C23H28N2O4. The van der Waals surface area contributed by atoms with Crippen LogP contribution in [0.25, 0.3) is 11.1 Å². The highest BCUT2D eigenvalue weighted by atomic mass is 16.5. The Kier molecular flexibility index (Phi) is 6.88. The Morgan fingerprint density at radius 2 is 1.83 bits per heavy atom. The van der Waals surface area contributed by atoms with Gasteiger partial charge in [0.1, 0.15) is 11.3 Å². The Balaban J connectivity index is 1.31. The lowest BCUT2D eigenvalue weighted by Gasteiger charge is -2.21. The molecule has 0 spiro atoms. The maximum atomic E-state index is 11.1. The topological polar surface area (TPSA) is 84.6 Å². The van der Waals surface area contributed by atoms with Crippen molar-refractivity contribution in [3.63, 3.8) is 0 Å². The van der Waals surface area contributed by atoms with Gasteiger partial charge in [0.2, 0.25) is 0 Å². The van der Waals surface area contributed by atoms with Crippen LogP contribution in [0.15, 0.2) is 52.9 Å². The van der Waals surface area contributed by atoms with E-state index in [0.717, 1.165) is 55.8 Å². The molecule has 0 amide bonds. The quantitative estimate of drug-likeness (QED) is 0.472. The summed E-state index contributed by atoms with van der Waals surface area (Å²) in [6.07, 6.45) is 3.86. The molecule has 1 heterocycles. The number of ether oxygens (including phenoxy) is 1. The normalized spacial score (nSPS) is 11.7. The fourth-order valence-corrected chi connectivity index (χ4v) is 2.97. The summed E-state index contributed by atoms with van der Waals surface area (Å²) in [5.74, 6) is 0.384. The van der Waals surface area contributed by atoms with Crippen molar-refractivity contribution in [1.82, 2.24) is 10.3 Å². The number of carbonyl (C=O) groups is 1. The summed E-state index contributed by atoms with van der Waals surface area (Å²) in [4.78, 5) is 15.6. The minimum absolute atomic E-state index is 0.563. The number of aromatic nitrogens is 1. The summed E-state index contributed by atoms with van der Waals surface area (Å²) in [5, 5.41) is 12.6. The lowest BCUT2D eigenvalue weighted by Crippen LogP contribution is -2.37. The number of hydrogen-bond donors (Lipinski definition) is 2. The summed E-state index contributed by atoms with van der Waals surface area (Å²) in [5.41, 5.74) is 1.72. The largest absolute Gasteiger partial charge is 0.478 e. The average molecular weight is 396 g/mol. The average Bonchev–Trinajstić information content (AvgIpc) is 3.11. The molecule has 0 atom stereocenters. The summed E-state index contributed by atoms with van der Waals surface area (Å²) in [6, 6.07) is 15.4. The van der Waals surface area contributed by atoms with Crippen molar-refractivity contribution in [2.45, 2.75) is 45.1 Å². The first-order valence-electron chi connectivity index (χ1n) is 10.0. The molecule has 0 aliphatic heterocycles. The number of nitrogens with zero attached hydrogens (tertiary/aromatic N) is 1. The van der Waals surface area contributed by atoms with Crippen LogP contribution >= 0.6 is 0 Å². The number of unbranched alkanes of at least 4 members (excludes halogenated alkanes) is 1. The molecule has 0 saturated carbocycles. The maximum Gasteiger partial charge on any atom is 0.347 e. The standard InChI is InChI=1S/C23H28N2O4/c1-23(2,22(26)27)29-18-12-10-17(11-13-18)14-16-24-15-6-5-9-21-25-19-7-3-4-8-20(19)28-21/h3-4,7-8,10-13,24H,5-6,9,14-16H2,1-2H3,(H,26,27). The lowest BCUT2D eigenvalue weighted by molar-refractivity contribution is -0.152. The SMILES string of the molecule is CC(C)(Oc1ccc(CCNCCCCc2nc3ccccc3o2)cc1)C(=O)O. The van der Waals surface area contributed by atoms with Crippen LogP contribution in [0, 0.1) is 0 Å². The minimum atomic E-state index is -1.24. The number of nitrogens with one attached hydrogen (secondary N) is 1. The third kappa shape index (κ3) is 6.06. The molecule has 0 saturated heterocycles. The molecule has 0 unspecified atom stereocenters. The molecule has 6 nitrogen and oxygen atoms in total. The van der Waals surface area contributed by atoms with E-state index in [0.29, 0.717) is 5.75 Å². The Hall–Kier alpha value is -2.86. The zero-order chi connectivity index (χ0) is 20.7. The van der Waals surface area contributed by atoms with Gasteiger partial charge in [-0.15, -0.1) is 0 Å². The third-order valence-corrected chi connectivity index (χ3v) is 4.73. The highest BCUT2D eigenvalue weighted by Gasteiger charge is 2.29. The van der Waals surface area contributed by atoms with Crippen LogP contribution in [0.4, 0.5) is 0 Å². The first kappa shape index (κ1) is 20.9. The fourth-order valence-electron chi connectivity index (χ4n) is 2.97. The number of oxazole rings is 1. The van der Waals surface area contributed by atoms with Crippen molar-refractivity contribution in [2.24, 2.45) is 0 Å². The number of para-hydroxylation sites is 2. The highest BCUT2D eigenvalue weighted by molar-refractivity contribution is 5.76. The van der Waals surface area contributed by atoms with Gasteiger partial charge in [0.15, 0.2) is 17.1 Å². The number of aliphatic carboxylic acids is 1. The Labute approximate surface area is 170 Å². The molecule has 1 aromatic heterocycles. The van der Waals surface area contributed by atoms with Crippen LogP contribution in [0.3, 0.4) is 0 Å². The predicted octanol–water partition coefficient (Wildman–Crippen LogP) is 4.22. The number of aryl methyl sites for hydroxylation is 1. The molecule has 29 heavy (non-hydrogen) atoms. The predicted molar refractivity (Wildman–Crippen MR) is 112 cm³/mol. The summed E-state index contributed by atoms with van der Waals surface area (Å²) in [6.45, 7) is 4.92. The molecule has 0 aliphatic rings. The smallest absolute Gasteiger partial charge is 0.347 e. The number of hydrogen-bond acceptors (Lipinski definition) is 5. The third-order valence-electron chi connectivity index (χ3n) is 4.73. The van der Waals surface area contributed by atoms with E-state index in [4.69, 9.17) is 14.3 Å². The van der Waals surface area contributed by atoms with Gasteiger partial charge in [-0.1, -0.05) is 24.3 Å². The van der Waals surface area contributed by atoms with Crippen molar-refractivity contribution >= 4 is 17.1 Å². The lowest BCUT2D eigenvalue weighted by atomic mass is 10.1. The van der Waals surface area contributed by atoms with Gasteiger partial charge >= 0.3 is 5.97 Å². The van der Waals surface area contributed by atoms with Crippen LogP contribution in [0.5, 0.6) is 5.75 Å². The van der Waals surface area contributed by atoms with E-state index in [9.17, 15) is 4.79 Å².